The second-order valence-corrected chi connectivity index (χ2v) is 9.15. The Balaban J connectivity index is 1.74. The molecule has 0 aromatic heterocycles. The summed E-state index contributed by atoms with van der Waals surface area (Å²) in [7, 11) is 0. The summed E-state index contributed by atoms with van der Waals surface area (Å²) in [6.45, 7) is 4.31. The van der Waals surface area contributed by atoms with E-state index in [-0.39, 0.29) is 5.97 Å². The molecule has 160 valence electrons. The third kappa shape index (κ3) is 4.68. The third-order valence-corrected chi connectivity index (χ3v) is 6.41. The van der Waals surface area contributed by atoms with Crippen LogP contribution in [0.2, 0.25) is 5.02 Å². The number of allylic oxidation sites excluding steroid dienone is 1. The molecule has 0 amide bonds. The molecule has 0 fully saturated rings. The molecule has 0 saturated heterocycles. The number of esters is 1. The molecule has 2 aromatic carbocycles. The number of amidine groups is 1. The molecule has 5 nitrogen and oxygen atoms in total. The highest BCUT2D eigenvalue weighted by Crippen LogP contribution is 2.44. The quantitative estimate of drug-likeness (QED) is 0.411. The lowest BCUT2D eigenvalue weighted by Gasteiger charge is -2.34. The van der Waals surface area contributed by atoms with Crippen LogP contribution >= 0.6 is 39.3 Å². The van der Waals surface area contributed by atoms with Gasteiger partial charge >= 0.3 is 5.97 Å². The lowest BCUT2D eigenvalue weighted by Crippen LogP contribution is -2.34. The lowest BCUT2D eigenvalue weighted by atomic mass is 9.94. The van der Waals surface area contributed by atoms with E-state index < -0.39 is 6.04 Å². The van der Waals surface area contributed by atoms with E-state index in [1.54, 1.807) is 6.92 Å². The van der Waals surface area contributed by atoms with Crippen molar-refractivity contribution in [3.8, 4) is 5.75 Å². The number of hydrogen-bond acceptors (Lipinski definition) is 6. The molecule has 2 aliphatic rings. The molecule has 8 heteroatoms. The fourth-order valence-electron chi connectivity index (χ4n) is 3.48. The van der Waals surface area contributed by atoms with Crippen LogP contribution in [0.4, 0.5) is 0 Å². The van der Waals surface area contributed by atoms with Gasteiger partial charge < -0.3 is 14.4 Å². The molecule has 2 heterocycles. The molecule has 0 N–H and O–H groups in total. The van der Waals surface area contributed by atoms with Crippen LogP contribution in [0.3, 0.4) is 0 Å². The first-order valence-corrected chi connectivity index (χ1v) is 11.8. The zero-order valence-corrected chi connectivity index (χ0v) is 20.1. The van der Waals surface area contributed by atoms with Crippen molar-refractivity contribution in [1.29, 1.82) is 0 Å². The van der Waals surface area contributed by atoms with E-state index in [9.17, 15) is 4.79 Å². The van der Waals surface area contributed by atoms with Crippen molar-refractivity contribution in [2.24, 2.45) is 4.99 Å². The van der Waals surface area contributed by atoms with Gasteiger partial charge in [-0.05, 0) is 55.2 Å². The highest BCUT2D eigenvalue weighted by molar-refractivity contribution is 9.10. The van der Waals surface area contributed by atoms with E-state index in [0.29, 0.717) is 35.3 Å². The summed E-state index contributed by atoms with van der Waals surface area (Å²) in [4.78, 5) is 19.5. The Morgan fingerprint density at radius 3 is 2.77 bits per heavy atom. The van der Waals surface area contributed by atoms with Crippen LogP contribution in [0.15, 0.2) is 74.8 Å². The topological polar surface area (TPSA) is 51.1 Å². The van der Waals surface area contributed by atoms with Crippen LogP contribution in [-0.4, -0.2) is 22.6 Å². The van der Waals surface area contributed by atoms with Crippen LogP contribution in [0, 0.1) is 0 Å². The monoisotopic (exact) mass is 518 g/mol. The number of aliphatic imine (C=N–C) groups is 1. The smallest absolute Gasteiger partial charge is 0.338 e. The molecule has 0 aliphatic carbocycles. The van der Waals surface area contributed by atoms with E-state index >= 15 is 0 Å². The predicted molar refractivity (Wildman–Crippen MR) is 128 cm³/mol. The zero-order chi connectivity index (χ0) is 22.0. The van der Waals surface area contributed by atoms with Gasteiger partial charge in [-0.15, -0.1) is 0 Å². The van der Waals surface area contributed by atoms with Gasteiger partial charge in [0.1, 0.15) is 12.4 Å². The van der Waals surface area contributed by atoms with Gasteiger partial charge in [0, 0.05) is 21.3 Å². The molecule has 31 heavy (non-hydrogen) atoms. The minimum Gasteiger partial charge on any atom is -0.489 e. The second-order valence-electron chi connectivity index (χ2n) is 6.92. The van der Waals surface area contributed by atoms with E-state index in [2.05, 4.69) is 20.9 Å². The largest absolute Gasteiger partial charge is 0.489 e. The average molecular weight is 520 g/mol. The molecule has 0 bridgehead atoms. The predicted octanol–water partition coefficient (Wildman–Crippen LogP) is 6.45. The first-order chi connectivity index (χ1) is 15.0. The molecule has 2 aliphatic heterocycles. The number of hydrogen-bond donors (Lipinski definition) is 0. The van der Waals surface area contributed by atoms with E-state index in [4.69, 9.17) is 21.1 Å². The normalized spacial score (nSPS) is 17.5. The van der Waals surface area contributed by atoms with Crippen LogP contribution in [0.25, 0.3) is 0 Å². The van der Waals surface area contributed by atoms with E-state index in [0.717, 1.165) is 20.8 Å². The molecule has 0 saturated carbocycles. The van der Waals surface area contributed by atoms with Crippen LogP contribution in [-0.2, 0) is 16.1 Å². The number of rotatable bonds is 6. The van der Waals surface area contributed by atoms with Gasteiger partial charge in [-0.1, -0.05) is 51.4 Å². The molecule has 1 atom stereocenters. The molecular formula is C23H20BrClN2O3S. The maximum absolute atomic E-state index is 12.9. The van der Waals surface area contributed by atoms with Crippen molar-refractivity contribution in [1.82, 2.24) is 4.90 Å². The maximum atomic E-state index is 12.9. The number of benzene rings is 2. The van der Waals surface area contributed by atoms with Gasteiger partial charge in [-0.25, -0.2) is 9.79 Å². The highest BCUT2D eigenvalue weighted by atomic mass is 79.9. The minimum absolute atomic E-state index is 0.294. The van der Waals surface area contributed by atoms with Crippen molar-refractivity contribution in [2.75, 3.05) is 6.61 Å². The summed E-state index contributed by atoms with van der Waals surface area (Å²) >= 11 is 11.1. The Hall–Kier alpha value is -2.22. The molecule has 4 rings (SSSR count). The van der Waals surface area contributed by atoms with Gasteiger partial charge in [0.05, 0.1) is 23.9 Å². The summed E-state index contributed by atoms with van der Waals surface area (Å²) < 4.78 is 12.5. The standard InChI is InChI=1S/C23H20BrClN2O3S/c1-3-29-22(28)20-14(2)26-23-27(10-11-31-23)21(20)18-12-16(24)6-9-19(18)30-13-15-4-7-17(25)8-5-15/h4-12,21H,3,13H2,1-2H3/t21-/m0/s1. The van der Waals surface area contributed by atoms with Gasteiger partial charge in [0.25, 0.3) is 0 Å². The summed E-state index contributed by atoms with van der Waals surface area (Å²) in [6, 6.07) is 12.9. The number of halogens is 2. The minimum atomic E-state index is -0.407. The fraction of sp³-hybridized carbons (Fsp3) is 0.217. The van der Waals surface area contributed by atoms with Crippen molar-refractivity contribution in [2.45, 2.75) is 26.5 Å². The van der Waals surface area contributed by atoms with Crippen molar-refractivity contribution >= 4 is 50.4 Å². The summed E-state index contributed by atoms with van der Waals surface area (Å²) in [5, 5.41) is 3.46. The van der Waals surface area contributed by atoms with Crippen LogP contribution in [0.5, 0.6) is 5.75 Å². The number of fused-ring (bicyclic) bond motifs is 1. The number of ether oxygens (including phenoxy) is 2. The number of thioether (sulfide) groups is 1. The Labute approximate surface area is 198 Å². The lowest BCUT2D eigenvalue weighted by molar-refractivity contribution is -0.139. The number of nitrogens with zero attached hydrogens (tertiary/aromatic N) is 2. The first kappa shape index (κ1) is 22.0. The van der Waals surface area contributed by atoms with Crippen molar-refractivity contribution in [3.63, 3.8) is 0 Å². The summed E-state index contributed by atoms with van der Waals surface area (Å²) in [6.07, 6.45) is 1.93. The number of carbonyl (C=O) groups is 1. The molecular weight excluding hydrogens is 500 g/mol. The SMILES string of the molecule is CCOC(=O)C1=C(C)N=C2SC=CN2[C@H]1c1cc(Br)ccc1OCc1ccc(Cl)cc1. The molecule has 0 radical (unpaired) electrons. The van der Waals surface area contributed by atoms with Crippen LogP contribution in [0.1, 0.15) is 31.0 Å². The second kappa shape index (κ2) is 9.51. The summed E-state index contributed by atoms with van der Waals surface area (Å²) in [5.74, 6) is 0.311. The maximum Gasteiger partial charge on any atom is 0.338 e. The molecule has 0 spiro atoms. The van der Waals surface area contributed by atoms with Crippen molar-refractivity contribution in [3.05, 3.63) is 86.0 Å². The van der Waals surface area contributed by atoms with Crippen molar-refractivity contribution < 1.29 is 14.3 Å². The average Bonchev–Trinajstić information content (AvgIpc) is 3.21. The Morgan fingerprint density at radius 1 is 1.26 bits per heavy atom. The Morgan fingerprint density at radius 2 is 2.03 bits per heavy atom. The van der Waals surface area contributed by atoms with Gasteiger partial charge in [0.15, 0.2) is 5.17 Å². The third-order valence-electron chi connectivity index (χ3n) is 4.89. The van der Waals surface area contributed by atoms with E-state index in [1.807, 2.05) is 65.9 Å². The highest BCUT2D eigenvalue weighted by Gasteiger charge is 2.39. The van der Waals surface area contributed by atoms with Gasteiger partial charge in [0.2, 0.25) is 0 Å². The van der Waals surface area contributed by atoms with Gasteiger partial charge in [-0.3, -0.25) is 0 Å². The van der Waals surface area contributed by atoms with Gasteiger partial charge in [-0.2, -0.15) is 0 Å². The molecule has 0 unspecified atom stereocenters. The fourth-order valence-corrected chi connectivity index (χ4v) is 4.78. The zero-order valence-electron chi connectivity index (χ0n) is 17.0. The van der Waals surface area contributed by atoms with E-state index in [1.165, 1.54) is 11.8 Å². The summed E-state index contributed by atoms with van der Waals surface area (Å²) in [5.41, 5.74) is 3.00. The first-order valence-electron chi connectivity index (χ1n) is 9.73. The Kier molecular flexibility index (Phi) is 6.74. The Bertz CT molecular complexity index is 1100. The van der Waals surface area contributed by atoms with Crippen LogP contribution < -0.4 is 4.74 Å². The molecule has 2 aromatic rings. The number of carbonyl (C=O) groups excluding carboxylic acids is 1.